The zero-order valence-corrected chi connectivity index (χ0v) is 28.3. The number of fused-ring (bicyclic) bond motifs is 2. The Labute approximate surface area is 278 Å². The number of aryl methyl sites for hydroxylation is 1. The van der Waals surface area contributed by atoms with Gasteiger partial charge in [-0.25, -0.2) is 18.5 Å². The predicted octanol–water partition coefficient (Wildman–Crippen LogP) is 5.45. The lowest BCUT2D eigenvalue weighted by atomic mass is 10.0. The minimum atomic E-state index is -4.26. The van der Waals surface area contributed by atoms with Gasteiger partial charge in [0.05, 0.1) is 22.8 Å². The number of benzene rings is 1. The minimum absolute atomic E-state index is 0.0656. The van der Waals surface area contributed by atoms with Crippen molar-refractivity contribution in [3.05, 3.63) is 52.3 Å². The Bertz CT molecular complexity index is 1840. The third kappa shape index (κ3) is 6.78. The highest BCUT2D eigenvalue weighted by molar-refractivity contribution is 7.81. The first kappa shape index (κ1) is 32.5. The van der Waals surface area contributed by atoms with Gasteiger partial charge in [-0.2, -0.15) is 18.4 Å². The molecule has 0 radical (unpaired) electrons. The molecule has 14 heteroatoms. The van der Waals surface area contributed by atoms with Crippen LogP contribution in [-0.2, 0) is 30.5 Å². The predicted molar refractivity (Wildman–Crippen MR) is 180 cm³/mol. The lowest BCUT2D eigenvalue weighted by Crippen LogP contribution is -2.52. The Hall–Kier alpha value is -3.09. The van der Waals surface area contributed by atoms with E-state index in [4.69, 9.17) is 0 Å². The second-order valence-corrected chi connectivity index (χ2v) is 15.7. The van der Waals surface area contributed by atoms with Crippen LogP contribution >= 0.6 is 11.3 Å². The number of halogens is 3. The smallest absolute Gasteiger partial charge is 0.367 e. The summed E-state index contributed by atoms with van der Waals surface area (Å²) in [4.78, 5) is 14.4. The summed E-state index contributed by atoms with van der Waals surface area (Å²) in [7, 11) is -0.935. The highest BCUT2D eigenvalue weighted by atomic mass is 32.2. The summed E-state index contributed by atoms with van der Waals surface area (Å²) in [6, 6.07) is 10.6. The summed E-state index contributed by atoms with van der Waals surface area (Å²) in [6.45, 7) is 8.96. The van der Waals surface area contributed by atoms with Gasteiger partial charge in [-0.05, 0) is 61.9 Å². The minimum Gasteiger partial charge on any atom is -0.367 e. The molecule has 1 aromatic carbocycles. The van der Waals surface area contributed by atoms with Gasteiger partial charge < -0.3 is 9.88 Å². The number of hydrogen-bond donors (Lipinski definition) is 1. The Morgan fingerprint density at radius 2 is 1.83 bits per heavy atom. The summed E-state index contributed by atoms with van der Waals surface area (Å²) >= 11 is 1.07. The summed E-state index contributed by atoms with van der Waals surface area (Å²) in [5.41, 5.74) is 4.33. The van der Waals surface area contributed by atoms with Crippen molar-refractivity contribution in [2.75, 3.05) is 50.8 Å². The van der Waals surface area contributed by atoms with E-state index >= 15 is 0 Å². The molecule has 2 aliphatic heterocycles. The van der Waals surface area contributed by atoms with E-state index in [0.29, 0.717) is 21.7 Å². The molecule has 4 aromatic rings. The molecule has 1 aliphatic carbocycles. The Balaban J connectivity index is 1.000. The van der Waals surface area contributed by atoms with Crippen molar-refractivity contribution in [1.29, 1.82) is 5.26 Å². The van der Waals surface area contributed by atoms with Gasteiger partial charge in [0, 0.05) is 86.0 Å². The number of alkyl halides is 3. The second-order valence-electron chi connectivity index (χ2n) is 13.2. The summed E-state index contributed by atoms with van der Waals surface area (Å²) < 4.78 is 55.0. The van der Waals surface area contributed by atoms with Gasteiger partial charge in [0.25, 0.3) is 0 Å². The molecule has 47 heavy (non-hydrogen) atoms. The maximum absolute atomic E-state index is 13.0. The monoisotopic (exact) mass is 684 g/mol. The van der Waals surface area contributed by atoms with Crippen LogP contribution < -0.4 is 5.32 Å². The molecule has 0 spiro atoms. The fourth-order valence-corrected chi connectivity index (χ4v) is 9.07. The average Bonchev–Trinajstić information content (AvgIpc) is 3.58. The third-order valence-electron chi connectivity index (χ3n) is 10.2. The van der Waals surface area contributed by atoms with Crippen molar-refractivity contribution in [2.45, 2.75) is 69.9 Å². The number of piperidine rings is 1. The number of hydrogen-bond acceptors (Lipinski definition) is 8. The van der Waals surface area contributed by atoms with E-state index in [9.17, 15) is 22.6 Å². The van der Waals surface area contributed by atoms with Crippen LogP contribution in [0.3, 0.4) is 0 Å². The molecule has 3 fully saturated rings. The van der Waals surface area contributed by atoms with Gasteiger partial charge in [0.2, 0.25) is 0 Å². The van der Waals surface area contributed by atoms with E-state index in [2.05, 4.69) is 54.8 Å². The standard InChI is InChI=1S/C33H39F3N8OS2/c1-22-23(19-41-9-5-24(6-10-41)40-30-28-16-26(17-33(34,35)36)46-31(28)39-21-38-30)3-4-29-27(22)15-25(18-37)44(29)20-32(7-8-32)42-11-13-43(14-12-42)47(2)45/h3-4,15-16,21,24H,5-14,17,19-20H2,1-2H3,(H,38,39,40). The molecule has 250 valence electrons. The van der Waals surface area contributed by atoms with E-state index < -0.39 is 23.6 Å². The van der Waals surface area contributed by atoms with Crippen LogP contribution in [0.1, 0.15) is 47.4 Å². The van der Waals surface area contributed by atoms with E-state index in [1.165, 1.54) is 17.5 Å². The van der Waals surface area contributed by atoms with Crippen LogP contribution in [0.4, 0.5) is 19.0 Å². The van der Waals surface area contributed by atoms with E-state index in [1.807, 2.05) is 10.4 Å². The molecule has 0 bridgehead atoms. The van der Waals surface area contributed by atoms with Gasteiger partial charge in [-0.1, -0.05) is 6.07 Å². The Morgan fingerprint density at radius 1 is 1.09 bits per heavy atom. The van der Waals surface area contributed by atoms with Crippen molar-refractivity contribution in [2.24, 2.45) is 0 Å². The van der Waals surface area contributed by atoms with Crippen LogP contribution in [0, 0.1) is 18.3 Å². The quantitative estimate of drug-likeness (QED) is 0.251. The van der Waals surface area contributed by atoms with Gasteiger partial charge in [-0.15, -0.1) is 11.3 Å². The van der Waals surface area contributed by atoms with E-state index in [-0.39, 0.29) is 16.5 Å². The number of nitriles is 1. The number of aromatic nitrogens is 3. The molecular weight excluding hydrogens is 646 g/mol. The molecule has 2 saturated heterocycles. The first-order valence-electron chi connectivity index (χ1n) is 16.2. The number of nitrogens with zero attached hydrogens (tertiary/aromatic N) is 7. The lowest BCUT2D eigenvalue weighted by molar-refractivity contribution is -0.126. The Morgan fingerprint density at radius 3 is 2.49 bits per heavy atom. The number of anilines is 1. The molecule has 5 heterocycles. The van der Waals surface area contributed by atoms with Gasteiger partial charge in [-0.3, -0.25) is 9.80 Å². The van der Waals surface area contributed by atoms with Crippen molar-refractivity contribution in [3.8, 4) is 6.07 Å². The molecule has 0 amide bonds. The van der Waals surface area contributed by atoms with Crippen LogP contribution in [-0.4, -0.2) is 96.1 Å². The maximum Gasteiger partial charge on any atom is 0.393 e. The maximum atomic E-state index is 13.0. The topological polar surface area (TPSA) is 93.3 Å². The highest BCUT2D eigenvalue weighted by Crippen LogP contribution is 2.45. The normalized spacial score (nSPS) is 20.5. The first-order chi connectivity index (χ1) is 22.5. The summed E-state index contributed by atoms with van der Waals surface area (Å²) in [5.74, 6) is 0.602. The van der Waals surface area contributed by atoms with Crippen molar-refractivity contribution < 1.29 is 17.4 Å². The number of piperazine rings is 1. The molecule has 1 N–H and O–H groups in total. The van der Waals surface area contributed by atoms with Gasteiger partial charge in [0.15, 0.2) is 0 Å². The fourth-order valence-electron chi connectivity index (χ4n) is 7.36. The zero-order valence-electron chi connectivity index (χ0n) is 26.6. The Kier molecular flexibility index (Phi) is 8.80. The van der Waals surface area contributed by atoms with Gasteiger partial charge in [0.1, 0.15) is 28.7 Å². The van der Waals surface area contributed by atoms with Crippen molar-refractivity contribution >= 4 is 49.3 Å². The van der Waals surface area contributed by atoms with Crippen LogP contribution in [0.15, 0.2) is 30.6 Å². The van der Waals surface area contributed by atoms with E-state index in [0.717, 1.165) is 100 Å². The van der Waals surface area contributed by atoms with E-state index in [1.54, 1.807) is 12.3 Å². The van der Waals surface area contributed by atoms with Crippen LogP contribution in [0.5, 0.6) is 0 Å². The number of thiophene rings is 1. The second kappa shape index (κ2) is 12.7. The molecule has 3 aromatic heterocycles. The van der Waals surface area contributed by atoms with Crippen LogP contribution in [0.25, 0.3) is 21.1 Å². The van der Waals surface area contributed by atoms with Crippen molar-refractivity contribution in [3.63, 3.8) is 0 Å². The third-order valence-corrected chi connectivity index (χ3v) is 12.3. The zero-order chi connectivity index (χ0) is 32.9. The number of rotatable bonds is 9. The molecule has 9 nitrogen and oxygen atoms in total. The largest absolute Gasteiger partial charge is 0.393 e. The molecule has 7 rings (SSSR count). The number of nitrogens with one attached hydrogen (secondary N) is 1. The molecule has 1 unspecified atom stereocenters. The van der Waals surface area contributed by atoms with Gasteiger partial charge >= 0.3 is 6.18 Å². The average molecular weight is 685 g/mol. The highest BCUT2D eigenvalue weighted by Gasteiger charge is 2.49. The summed E-state index contributed by atoms with van der Waals surface area (Å²) in [6.07, 6.45) is 1.97. The number of likely N-dealkylation sites (tertiary alicyclic amines) is 1. The molecule has 3 aliphatic rings. The lowest BCUT2D eigenvalue weighted by Gasteiger charge is -2.39. The molecular formula is C33H39F3N8OS2. The SMILES string of the molecule is Cc1c(CN2CCC(Nc3ncnc4sc(CC(F)(F)F)cc34)CC2)ccc2c1cc(C#N)n2CC1(N2CCN(S(C)=O)CC2)CC1. The first-order valence-corrected chi connectivity index (χ1v) is 18.5. The molecule has 1 saturated carbocycles. The van der Waals surface area contributed by atoms with Crippen LogP contribution in [0.2, 0.25) is 0 Å². The summed E-state index contributed by atoms with van der Waals surface area (Å²) in [5, 5.41) is 15.4. The van der Waals surface area contributed by atoms with Crippen molar-refractivity contribution in [1.82, 2.24) is 28.6 Å². The fraction of sp³-hybridized carbons (Fsp3) is 0.545. The molecule has 1 atom stereocenters.